The van der Waals surface area contributed by atoms with Crippen molar-refractivity contribution in [2.45, 2.75) is 32.4 Å². The smallest absolute Gasteiger partial charge is 0.218 e. The van der Waals surface area contributed by atoms with Gasteiger partial charge in [0.05, 0.1) is 10.0 Å². The zero-order chi connectivity index (χ0) is 13.0. The van der Waals surface area contributed by atoms with Crippen LogP contribution in [0.4, 0.5) is 0 Å². The maximum Gasteiger partial charge on any atom is 0.218 e. The number of nitrogens with two attached hydrogens (primary N) is 1. The molecular weight excluding hydrogens is 259 g/mol. The van der Waals surface area contributed by atoms with E-state index >= 15 is 0 Å². The Kier molecular flexibility index (Phi) is 5.25. The molecule has 0 fully saturated rings. The first-order chi connectivity index (χ1) is 7.91. The normalized spacial score (nSPS) is 14.4. The lowest BCUT2D eigenvalue weighted by Gasteiger charge is -2.20. The van der Waals surface area contributed by atoms with Crippen molar-refractivity contribution in [3.8, 4) is 0 Å². The van der Waals surface area contributed by atoms with Crippen molar-refractivity contribution >= 4 is 29.1 Å². The van der Waals surface area contributed by atoms with Gasteiger partial charge in [-0.25, -0.2) is 0 Å². The number of halogens is 2. The second kappa shape index (κ2) is 6.24. The van der Waals surface area contributed by atoms with Crippen LogP contribution in [0.2, 0.25) is 10.0 Å². The third kappa shape index (κ3) is 4.19. The number of hydrogen-bond donors (Lipinski definition) is 2. The molecule has 0 bridgehead atoms. The summed E-state index contributed by atoms with van der Waals surface area (Å²) < 4.78 is 0. The van der Waals surface area contributed by atoms with Crippen LogP contribution in [0.25, 0.3) is 0 Å². The summed E-state index contributed by atoms with van der Waals surface area (Å²) in [5, 5.41) is 4.32. The molecule has 3 nitrogen and oxygen atoms in total. The van der Waals surface area contributed by atoms with Crippen LogP contribution in [0.3, 0.4) is 0 Å². The standard InChI is InChI=1S/C12H16Cl2N2O/c1-7(6-11(15)17)16-8(2)9-4-3-5-10(13)12(9)14/h3-5,7-8,16H,6H2,1-2H3,(H2,15,17). The molecule has 2 atom stereocenters. The lowest BCUT2D eigenvalue weighted by atomic mass is 10.1. The number of carbonyl (C=O) groups is 1. The van der Waals surface area contributed by atoms with Crippen LogP contribution in [0, 0.1) is 0 Å². The quantitative estimate of drug-likeness (QED) is 0.868. The predicted octanol–water partition coefficient (Wildman–Crippen LogP) is 2.91. The van der Waals surface area contributed by atoms with E-state index in [9.17, 15) is 4.79 Å². The average Bonchev–Trinajstić information content (AvgIpc) is 2.20. The van der Waals surface area contributed by atoms with Gasteiger partial charge in [-0.05, 0) is 25.5 Å². The fourth-order valence-corrected chi connectivity index (χ4v) is 2.20. The first kappa shape index (κ1) is 14.3. The predicted molar refractivity (Wildman–Crippen MR) is 71.3 cm³/mol. The van der Waals surface area contributed by atoms with E-state index in [0.717, 1.165) is 5.56 Å². The van der Waals surface area contributed by atoms with Crippen molar-refractivity contribution in [3.63, 3.8) is 0 Å². The van der Waals surface area contributed by atoms with Gasteiger partial charge in [-0.3, -0.25) is 4.79 Å². The number of primary amides is 1. The van der Waals surface area contributed by atoms with Crippen molar-refractivity contribution < 1.29 is 4.79 Å². The highest BCUT2D eigenvalue weighted by Gasteiger charge is 2.14. The number of hydrogen-bond acceptors (Lipinski definition) is 2. The third-order valence-corrected chi connectivity index (χ3v) is 3.32. The Labute approximate surface area is 111 Å². The highest BCUT2D eigenvalue weighted by atomic mass is 35.5. The molecule has 0 spiro atoms. The summed E-state index contributed by atoms with van der Waals surface area (Å²) in [6, 6.07) is 5.50. The third-order valence-electron chi connectivity index (χ3n) is 2.49. The number of nitrogens with one attached hydrogen (secondary N) is 1. The number of benzene rings is 1. The summed E-state index contributed by atoms with van der Waals surface area (Å²) in [5.74, 6) is -0.325. The van der Waals surface area contributed by atoms with Gasteiger partial charge < -0.3 is 11.1 Å². The Morgan fingerprint density at radius 2 is 2.06 bits per heavy atom. The van der Waals surface area contributed by atoms with Crippen molar-refractivity contribution in [2.75, 3.05) is 0 Å². The van der Waals surface area contributed by atoms with Gasteiger partial charge in [-0.1, -0.05) is 35.3 Å². The van der Waals surface area contributed by atoms with Crippen LogP contribution in [-0.2, 0) is 4.79 Å². The molecule has 0 saturated heterocycles. The lowest BCUT2D eigenvalue weighted by Crippen LogP contribution is -2.33. The van der Waals surface area contributed by atoms with Crippen molar-refractivity contribution in [2.24, 2.45) is 5.73 Å². The minimum Gasteiger partial charge on any atom is -0.370 e. The van der Waals surface area contributed by atoms with Crippen molar-refractivity contribution in [1.82, 2.24) is 5.32 Å². The van der Waals surface area contributed by atoms with Crippen LogP contribution >= 0.6 is 23.2 Å². The number of amides is 1. The molecule has 1 aromatic rings. The van der Waals surface area contributed by atoms with E-state index in [1.165, 1.54) is 0 Å². The molecule has 1 aromatic carbocycles. The van der Waals surface area contributed by atoms with E-state index in [-0.39, 0.29) is 18.0 Å². The Morgan fingerprint density at radius 3 is 2.65 bits per heavy atom. The molecule has 0 saturated carbocycles. The highest BCUT2D eigenvalue weighted by Crippen LogP contribution is 2.29. The molecule has 0 heterocycles. The van der Waals surface area contributed by atoms with Gasteiger partial charge in [0, 0.05) is 18.5 Å². The van der Waals surface area contributed by atoms with E-state index in [2.05, 4.69) is 5.32 Å². The number of carbonyl (C=O) groups excluding carboxylic acids is 1. The Balaban J connectivity index is 2.73. The second-order valence-electron chi connectivity index (χ2n) is 4.10. The van der Waals surface area contributed by atoms with E-state index < -0.39 is 0 Å². The molecule has 94 valence electrons. The zero-order valence-corrected chi connectivity index (χ0v) is 11.3. The largest absolute Gasteiger partial charge is 0.370 e. The molecule has 1 rings (SSSR count). The van der Waals surface area contributed by atoms with Gasteiger partial charge in [-0.2, -0.15) is 0 Å². The zero-order valence-electron chi connectivity index (χ0n) is 9.84. The molecule has 5 heteroatoms. The fraction of sp³-hybridized carbons (Fsp3) is 0.417. The van der Waals surface area contributed by atoms with Gasteiger partial charge in [0.2, 0.25) is 5.91 Å². The molecule has 3 N–H and O–H groups in total. The molecule has 17 heavy (non-hydrogen) atoms. The summed E-state index contributed by atoms with van der Waals surface area (Å²) in [6.07, 6.45) is 0.294. The Bertz CT molecular complexity index is 409. The minimum absolute atomic E-state index is 0.00227. The molecule has 0 aromatic heterocycles. The molecule has 0 aliphatic carbocycles. The van der Waals surface area contributed by atoms with Gasteiger partial charge in [-0.15, -0.1) is 0 Å². The minimum atomic E-state index is -0.325. The van der Waals surface area contributed by atoms with Crippen molar-refractivity contribution in [3.05, 3.63) is 33.8 Å². The Hall–Kier alpha value is -0.770. The summed E-state index contributed by atoms with van der Waals surface area (Å²) in [4.78, 5) is 10.8. The van der Waals surface area contributed by atoms with Crippen LogP contribution in [0.15, 0.2) is 18.2 Å². The highest BCUT2D eigenvalue weighted by molar-refractivity contribution is 6.42. The monoisotopic (exact) mass is 274 g/mol. The molecule has 1 amide bonds. The van der Waals surface area contributed by atoms with Crippen molar-refractivity contribution in [1.29, 1.82) is 0 Å². The van der Waals surface area contributed by atoms with Gasteiger partial charge >= 0.3 is 0 Å². The first-order valence-corrected chi connectivity index (χ1v) is 6.15. The second-order valence-corrected chi connectivity index (χ2v) is 4.89. The average molecular weight is 275 g/mol. The maximum atomic E-state index is 10.8. The van der Waals surface area contributed by atoms with E-state index in [0.29, 0.717) is 16.5 Å². The van der Waals surface area contributed by atoms with E-state index in [1.54, 1.807) is 6.07 Å². The molecule has 0 radical (unpaired) electrons. The van der Waals surface area contributed by atoms with Crippen LogP contribution in [-0.4, -0.2) is 11.9 Å². The van der Waals surface area contributed by atoms with Crippen LogP contribution in [0.1, 0.15) is 31.9 Å². The van der Waals surface area contributed by atoms with Crippen LogP contribution < -0.4 is 11.1 Å². The van der Waals surface area contributed by atoms with E-state index in [1.807, 2.05) is 26.0 Å². The molecule has 2 unspecified atom stereocenters. The molecule has 0 aliphatic rings. The summed E-state index contributed by atoms with van der Waals surface area (Å²) in [6.45, 7) is 3.87. The fourth-order valence-electron chi connectivity index (χ4n) is 1.73. The van der Waals surface area contributed by atoms with Gasteiger partial charge in [0.1, 0.15) is 0 Å². The van der Waals surface area contributed by atoms with Gasteiger partial charge in [0.15, 0.2) is 0 Å². The summed E-state index contributed by atoms with van der Waals surface area (Å²) in [5.41, 5.74) is 6.05. The summed E-state index contributed by atoms with van der Waals surface area (Å²) in [7, 11) is 0. The van der Waals surface area contributed by atoms with Gasteiger partial charge in [0.25, 0.3) is 0 Å². The SMILES string of the molecule is CC(CC(N)=O)NC(C)c1cccc(Cl)c1Cl. The Morgan fingerprint density at radius 1 is 1.41 bits per heavy atom. The summed E-state index contributed by atoms with van der Waals surface area (Å²) >= 11 is 12.1. The number of rotatable bonds is 5. The first-order valence-electron chi connectivity index (χ1n) is 5.40. The molecular formula is C12H16Cl2N2O. The van der Waals surface area contributed by atoms with E-state index in [4.69, 9.17) is 28.9 Å². The lowest BCUT2D eigenvalue weighted by molar-refractivity contribution is -0.118. The molecule has 0 aliphatic heterocycles. The maximum absolute atomic E-state index is 10.8. The topological polar surface area (TPSA) is 55.1 Å². The van der Waals surface area contributed by atoms with Crippen LogP contribution in [0.5, 0.6) is 0 Å².